The average molecular weight is 441 g/mol. The summed E-state index contributed by atoms with van der Waals surface area (Å²) in [6.07, 6.45) is 5.66. The SMILES string of the molecule is CC[P+](O)(O)C=C1CCC(c2ccc(C3=Nc4c(N)ncnc4OC3(C)C)cc2)CC1. The van der Waals surface area contributed by atoms with Crippen LogP contribution in [0.3, 0.4) is 0 Å². The lowest BCUT2D eigenvalue weighted by Gasteiger charge is -2.32. The lowest BCUT2D eigenvalue weighted by atomic mass is 9.81. The van der Waals surface area contributed by atoms with Gasteiger partial charge in [0, 0.05) is 5.56 Å². The summed E-state index contributed by atoms with van der Waals surface area (Å²) in [5, 5.41) is 0. The second-order valence-corrected chi connectivity index (χ2v) is 11.2. The Labute approximate surface area is 183 Å². The molecule has 8 heteroatoms. The number of fused-ring (bicyclic) bond motifs is 1. The van der Waals surface area contributed by atoms with Crippen LogP contribution >= 0.6 is 7.72 Å². The van der Waals surface area contributed by atoms with Crippen LogP contribution in [0.15, 0.2) is 47.0 Å². The average Bonchev–Trinajstić information content (AvgIpc) is 2.73. The van der Waals surface area contributed by atoms with Gasteiger partial charge in [0.15, 0.2) is 11.5 Å². The van der Waals surface area contributed by atoms with Crippen molar-refractivity contribution in [1.82, 2.24) is 9.97 Å². The maximum absolute atomic E-state index is 9.99. The summed E-state index contributed by atoms with van der Waals surface area (Å²) in [7, 11) is -2.85. The van der Waals surface area contributed by atoms with Crippen LogP contribution in [0.1, 0.15) is 63.5 Å². The minimum absolute atomic E-state index is 0.306. The molecule has 2 aliphatic rings. The highest BCUT2D eigenvalue weighted by Crippen LogP contribution is 2.53. The Bertz CT molecular complexity index is 1020. The minimum atomic E-state index is -2.85. The molecule has 4 rings (SSSR count). The molecule has 1 fully saturated rings. The summed E-state index contributed by atoms with van der Waals surface area (Å²) >= 11 is 0. The summed E-state index contributed by atoms with van der Waals surface area (Å²) in [5.74, 6) is 2.92. The number of aliphatic imine (C=N–C) groups is 1. The van der Waals surface area contributed by atoms with Gasteiger partial charge in [0.25, 0.3) is 7.72 Å². The number of nitrogens with zero attached hydrogens (tertiary/aromatic N) is 3. The molecule has 31 heavy (non-hydrogen) atoms. The van der Waals surface area contributed by atoms with Crippen molar-refractivity contribution in [3.63, 3.8) is 0 Å². The van der Waals surface area contributed by atoms with Crippen LogP contribution in [-0.4, -0.2) is 37.2 Å². The highest BCUT2D eigenvalue weighted by atomic mass is 31.2. The molecule has 0 atom stereocenters. The second kappa shape index (κ2) is 8.30. The fourth-order valence-electron chi connectivity index (χ4n) is 4.25. The van der Waals surface area contributed by atoms with Gasteiger partial charge >= 0.3 is 0 Å². The monoisotopic (exact) mass is 441 g/mol. The third-order valence-electron chi connectivity index (χ3n) is 6.10. The van der Waals surface area contributed by atoms with E-state index in [1.54, 1.807) is 5.82 Å². The first-order chi connectivity index (χ1) is 14.7. The van der Waals surface area contributed by atoms with Crippen LogP contribution in [0.25, 0.3) is 0 Å². The van der Waals surface area contributed by atoms with Crippen LogP contribution in [0.5, 0.6) is 5.88 Å². The number of nitrogens with two attached hydrogens (primary N) is 1. The lowest BCUT2D eigenvalue weighted by molar-refractivity contribution is 0.171. The van der Waals surface area contributed by atoms with E-state index in [2.05, 4.69) is 34.2 Å². The van der Waals surface area contributed by atoms with Gasteiger partial charge in [-0.25, -0.2) is 19.8 Å². The van der Waals surface area contributed by atoms with E-state index in [4.69, 9.17) is 15.5 Å². The molecule has 0 amide bonds. The number of rotatable bonds is 4. The zero-order valence-corrected chi connectivity index (χ0v) is 19.1. The molecule has 7 nitrogen and oxygen atoms in total. The molecule has 1 aromatic heterocycles. The number of hydrogen-bond acceptors (Lipinski definition) is 7. The Hall–Kier alpha value is -2.34. The van der Waals surface area contributed by atoms with Crippen molar-refractivity contribution in [2.75, 3.05) is 11.9 Å². The van der Waals surface area contributed by atoms with Gasteiger partial charge in [0.2, 0.25) is 5.88 Å². The quantitative estimate of drug-likeness (QED) is 0.591. The van der Waals surface area contributed by atoms with Gasteiger partial charge in [-0.15, -0.1) is 0 Å². The van der Waals surface area contributed by atoms with E-state index in [0.29, 0.717) is 29.5 Å². The minimum Gasteiger partial charge on any atom is -0.463 e. The van der Waals surface area contributed by atoms with Crippen molar-refractivity contribution in [3.8, 4) is 5.88 Å². The standard InChI is InChI=1S/C23H30N4O3P/c1-4-31(28,29)13-15-5-7-16(8-6-15)17-9-11-18(12-10-17)20-23(2,3)30-22-19(27-20)21(24)25-14-26-22/h9-14,16,28-29H,4-8H2,1-3H3,(H2,24,25,26)/q+1. The van der Waals surface area contributed by atoms with Gasteiger partial charge < -0.3 is 10.5 Å². The third kappa shape index (κ3) is 4.64. The molecule has 1 saturated carbocycles. The molecule has 0 spiro atoms. The van der Waals surface area contributed by atoms with Crippen LogP contribution in [-0.2, 0) is 0 Å². The van der Waals surface area contributed by atoms with Gasteiger partial charge in [-0.3, -0.25) is 0 Å². The number of anilines is 1. The summed E-state index contributed by atoms with van der Waals surface area (Å²) in [5.41, 5.74) is 10.1. The predicted octanol–water partition coefficient (Wildman–Crippen LogP) is 4.74. The van der Waals surface area contributed by atoms with E-state index in [9.17, 15) is 9.79 Å². The lowest BCUT2D eigenvalue weighted by Crippen LogP contribution is -2.41. The molecule has 0 unspecified atom stereocenters. The molecule has 1 aliphatic heterocycles. The summed E-state index contributed by atoms with van der Waals surface area (Å²) in [6.45, 7) is 5.76. The smallest absolute Gasteiger partial charge is 0.292 e. The Morgan fingerprint density at radius 1 is 1.16 bits per heavy atom. The van der Waals surface area contributed by atoms with E-state index in [-0.39, 0.29) is 0 Å². The Morgan fingerprint density at radius 2 is 1.84 bits per heavy atom. The molecular weight excluding hydrogens is 411 g/mol. The highest BCUT2D eigenvalue weighted by molar-refractivity contribution is 7.67. The van der Waals surface area contributed by atoms with Gasteiger partial charge in [0.1, 0.15) is 23.9 Å². The number of ether oxygens (including phenoxy) is 1. The molecule has 2 aromatic rings. The van der Waals surface area contributed by atoms with Gasteiger partial charge in [-0.2, -0.15) is 4.98 Å². The molecular formula is C23H30N4O3P+. The molecule has 164 valence electrons. The predicted molar refractivity (Wildman–Crippen MR) is 125 cm³/mol. The van der Waals surface area contributed by atoms with Crippen molar-refractivity contribution in [2.24, 2.45) is 4.99 Å². The Morgan fingerprint density at radius 3 is 2.48 bits per heavy atom. The summed E-state index contributed by atoms with van der Waals surface area (Å²) in [6, 6.07) is 8.50. The second-order valence-electron chi connectivity index (χ2n) is 8.77. The third-order valence-corrected chi connectivity index (χ3v) is 7.81. The number of allylic oxidation sites excluding steroid dienone is 1. The molecule has 1 aliphatic carbocycles. The zero-order chi connectivity index (χ0) is 22.2. The molecule has 4 N–H and O–H groups in total. The Balaban J connectivity index is 1.52. The van der Waals surface area contributed by atoms with Crippen LogP contribution < -0.4 is 10.5 Å². The number of aromatic nitrogens is 2. The largest absolute Gasteiger partial charge is 0.463 e. The molecule has 0 radical (unpaired) electrons. The number of hydrogen-bond donors (Lipinski definition) is 3. The van der Waals surface area contributed by atoms with Crippen LogP contribution in [0.4, 0.5) is 11.5 Å². The van der Waals surface area contributed by atoms with Crippen molar-refractivity contribution >= 4 is 24.9 Å². The van der Waals surface area contributed by atoms with Crippen molar-refractivity contribution in [2.45, 2.75) is 58.0 Å². The maximum atomic E-state index is 9.99. The van der Waals surface area contributed by atoms with E-state index in [1.807, 2.05) is 20.8 Å². The first-order valence-corrected chi connectivity index (χ1v) is 12.7. The van der Waals surface area contributed by atoms with Gasteiger partial charge in [-0.05, 0) is 63.5 Å². The van der Waals surface area contributed by atoms with Gasteiger partial charge in [0.05, 0.1) is 5.71 Å². The van der Waals surface area contributed by atoms with E-state index < -0.39 is 13.3 Å². The highest BCUT2D eigenvalue weighted by Gasteiger charge is 2.35. The topological polar surface area (TPSA) is 114 Å². The summed E-state index contributed by atoms with van der Waals surface area (Å²) < 4.78 is 6.07. The van der Waals surface area contributed by atoms with Crippen molar-refractivity contribution in [1.29, 1.82) is 0 Å². The number of nitrogen functional groups attached to an aromatic ring is 1. The van der Waals surface area contributed by atoms with E-state index >= 15 is 0 Å². The van der Waals surface area contributed by atoms with E-state index in [0.717, 1.165) is 37.0 Å². The Kier molecular flexibility index (Phi) is 5.86. The first kappa shape index (κ1) is 21.9. The molecule has 2 heterocycles. The van der Waals surface area contributed by atoms with Gasteiger partial charge in [-0.1, -0.05) is 24.3 Å². The molecule has 1 aromatic carbocycles. The molecule has 0 bridgehead atoms. The number of benzene rings is 1. The van der Waals surface area contributed by atoms with Crippen LogP contribution in [0, 0.1) is 0 Å². The fraction of sp³-hybridized carbons (Fsp3) is 0.435. The zero-order valence-electron chi connectivity index (χ0n) is 18.2. The van der Waals surface area contributed by atoms with Crippen LogP contribution in [0.2, 0.25) is 0 Å². The van der Waals surface area contributed by atoms with Crippen molar-refractivity contribution < 1.29 is 14.5 Å². The van der Waals surface area contributed by atoms with E-state index in [1.165, 1.54) is 17.5 Å². The first-order valence-electron chi connectivity index (χ1n) is 10.7. The normalized spacial score (nSPS) is 20.5. The molecule has 0 saturated heterocycles. The fourth-order valence-corrected chi connectivity index (χ4v) is 5.28. The summed E-state index contributed by atoms with van der Waals surface area (Å²) in [4.78, 5) is 32.9. The maximum Gasteiger partial charge on any atom is 0.292 e. The van der Waals surface area contributed by atoms with Crippen molar-refractivity contribution in [3.05, 3.63) is 53.1 Å².